The zero-order valence-electron chi connectivity index (χ0n) is 11.8. The molecule has 1 aromatic rings. The maximum absolute atomic E-state index is 12.0. The van der Waals surface area contributed by atoms with Crippen LogP contribution in [0, 0.1) is 6.92 Å². The lowest BCUT2D eigenvalue weighted by Gasteiger charge is -2.32. The van der Waals surface area contributed by atoms with Crippen molar-refractivity contribution in [2.75, 3.05) is 12.9 Å². The molecule has 0 spiro atoms. The first-order valence-corrected chi connectivity index (χ1v) is 8.09. The Morgan fingerprint density at radius 1 is 1.42 bits per heavy atom. The van der Waals surface area contributed by atoms with Crippen LogP contribution in [0.2, 0.25) is 0 Å². The van der Waals surface area contributed by atoms with Crippen LogP contribution >= 0.6 is 11.8 Å². The van der Waals surface area contributed by atoms with Crippen LogP contribution in [-0.2, 0) is 4.74 Å². The van der Waals surface area contributed by atoms with Crippen LogP contribution in [0.1, 0.15) is 55.1 Å². The number of esters is 1. The van der Waals surface area contributed by atoms with Gasteiger partial charge in [-0.25, -0.2) is 4.79 Å². The van der Waals surface area contributed by atoms with E-state index in [2.05, 4.69) is 16.5 Å². The smallest absolute Gasteiger partial charge is 0.376 e. The minimum absolute atomic E-state index is 0.304. The number of nitrogens with zero attached hydrogens (tertiary/aromatic N) is 3. The Morgan fingerprint density at radius 3 is 2.84 bits per heavy atom. The lowest BCUT2D eigenvalue weighted by atomic mass is 9.94. The number of aryl methyl sites for hydroxylation is 1. The molecule has 0 radical (unpaired) electrons. The fourth-order valence-corrected chi connectivity index (χ4v) is 3.72. The predicted molar refractivity (Wildman–Crippen MR) is 75.5 cm³/mol. The molecule has 2 rings (SSSR count). The van der Waals surface area contributed by atoms with E-state index in [9.17, 15) is 4.79 Å². The highest BCUT2D eigenvalue weighted by Crippen LogP contribution is 2.36. The topological polar surface area (TPSA) is 57.0 Å². The SMILES string of the molecule is CCOC(=O)c1nnc(C)n1C1CCCCC1SC. The standard InChI is InChI=1S/C13H21N3O2S/c1-4-18-13(17)12-15-14-9(2)16(12)10-7-5-6-8-11(10)19-3/h10-11H,4-8H2,1-3H3. The highest BCUT2D eigenvalue weighted by molar-refractivity contribution is 7.99. The molecule has 2 atom stereocenters. The van der Waals surface area contributed by atoms with Crippen LogP contribution in [0.15, 0.2) is 0 Å². The summed E-state index contributed by atoms with van der Waals surface area (Å²) in [6, 6.07) is 0.304. The second-order valence-electron chi connectivity index (χ2n) is 4.79. The van der Waals surface area contributed by atoms with Gasteiger partial charge in [-0.15, -0.1) is 10.2 Å². The molecule has 1 heterocycles. The van der Waals surface area contributed by atoms with Gasteiger partial charge < -0.3 is 9.30 Å². The first-order valence-electron chi connectivity index (χ1n) is 6.80. The molecule has 106 valence electrons. The van der Waals surface area contributed by atoms with Gasteiger partial charge in [0.1, 0.15) is 5.82 Å². The van der Waals surface area contributed by atoms with Gasteiger partial charge in [-0.2, -0.15) is 11.8 Å². The van der Waals surface area contributed by atoms with E-state index in [1.807, 2.05) is 23.3 Å². The quantitative estimate of drug-likeness (QED) is 0.795. The van der Waals surface area contributed by atoms with Crippen LogP contribution in [0.25, 0.3) is 0 Å². The molecule has 0 N–H and O–H groups in total. The number of carbonyl (C=O) groups is 1. The zero-order chi connectivity index (χ0) is 13.8. The molecular formula is C13H21N3O2S. The average Bonchev–Trinajstić information content (AvgIpc) is 2.81. The minimum Gasteiger partial charge on any atom is -0.460 e. The van der Waals surface area contributed by atoms with E-state index in [-0.39, 0.29) is 5.97 Å². The van der Waals surface area contributed by atoms with Crippen LogP contribution in [0.5, 0.6) is 0 Å². The van der Waals surface area contributed by atoms with Gasteiger partial charge in [0.05, 0.1) is 6.61 Å². The summed E-state index contributed by atoms with van der Waals surface area (Å²) in [5.41, 5.74) is 0. The summed E-state index contributed by atoms with van der Waals surface area (Å²) >= 11 is 1.87. The second kappa shape index (κ2) is 6.41. The van der Waals surface area contributed by atoms with Crippen LogP contribution in [0.3, 0.4) is 0 Å². The van der Waals surface area contributed by atoms with E-state index < -0.39 is 0 Å². The Kier molecular flexibility index (Phi) is 4.85. The van der Waals surface area contributed by atoms with Gasteiger partial charge in [-0.05, 0) is 32.9 Å². The number of hydrogen-bond donors (Lipinski definition) is 0. The Morgan fingerprint density at radius 2 is 2.16 bits per heavy atom. The fraction of sp³-hybridized carbons (Fsp3) is 0.769. The molecule has 1 aromatic heterocycles. The van der Waals surface area contributed by atoms with Crippen LogP contribution in [-0.4, -0.2) is 38.8 Å². The molecule has 1 saturated carbocycles. The third-order valence-corrected chi connectivity index (χ3v) is 4.78. The summed E-state index contributed by atoms with van der Waals surface area (Å²) in [5, 5.41) is 8.60. The first-order chi connectivity index (χ1) is 9.19. The van der Waals surface area contributed by atoms with Gasteiger partial charge in [-0.1, -0.05) is 12.8 Å². The van der Waals surface area contributed by atoms with Gasteiger partial charge >= 0.3 is 5.97 Å². The van der Waals surface area contributed by atoms with Crippen molar-refractivity contribution in [1.29, 1.82) is 0 Å². The number of thioether (sulfide) groups is 1. The molecular weight excluding hydrogens is 262 g/mol. The first kappa shape index (κ1) is 14.4. The monoisotopic (exact) mass is 283 g/mol. The molecule has 1 fully saturated rings. The molecule has 19 heavy (non-hydrogen) atoms. The summed E-state index contributed by atoms with van der Waals surface area (Å²) in [5.74, 6) is 0.785. The van der Waals surface area contributed by atoms with E-state index >= 15 is 0 Å². The van der Waals surface area contributed by atoms with Gasteiger partial charge in [0.2, 0.25) is 5.82 Å². The number of hydrogen-bond acceptors (Lipinski definition) is 5. The van der Waals surface area contributed by atoms with Crippen molar-refractivity contribution in [3.05, 3.63) is 11.6 Å². The molecule has 0 bridgehead atoms. The van der Waals surface area contributed by atoms with Crippen molar-refractivity contribution in [1.82, 2.24) is 14.8 Å². The lowest BCUT2D eigenvalue weighted by Crippen LogP contribution is -2.29. The van der Waals surface area contributed by atoms with Crippen LogP contribution < -0.4 is 0 Å². The van der Waals surface area contributed by atoms with Crippen molar-refractivity contribution < 1.29 is 9.53 Å². The predicted octanol–water partition coefficient (Wildman–Crippen LogP) is 2.61. The van der Waals surface area contributed by atoms with Gasteiger partial charge in [0, 0.05) is 11.3 Å². The number of ether oxygens (including phenoxy) is 1. The molecule has 0 amide bonds. The lowest BCUT2D eigenvalue weighted by molar-refractivity contribution is 0.0501. The average molecular weight is 283 g/mol. The maximum atomic E-state index is 12.0. The molecule has 0 aliphatic heterocycles. The molecule has 0 saturated heterocycles. The highest BCUT2D eigenvalue weighted by atomic mass is 32.2. The summed E-state index contributed by atoms with van der Waals surface area (Å²) in [6.07, 6.45) is 6.86. The number of rotatable bonds is 4. The molecule has 2 unspecified atom stereocenters. The molecule has 0 aromatic carbocycles. The fourth-order valence-electron chi connectivity index (χ4n) is 2.75. The molecule has 1 aliphatic rings. The van der Waals surface area contributed by atoms with E-state index in [1.165, 1.54) is 19.3 Å². The highest BCUT2D eigenvalue weighted by Gasteiger charge is 2.31. The van der Waals surface area contributed by atoms with Crippen molar-refractivity contribution in [2.24, 2.45) is 0 Å². The normalized spacial score (nSPS) is 23.3. The van der Waals surface area contributed by atoms with Crippen LogP contribution in [0.4, 0.5) is 0 Å². The summed E-state index contributed by atoms with van der Waals surface area (Å²) in [4.78, 5) is 12.0. The zero-order valence-corrected chi connectivity index (χ0v) is 12.6. The van der Waals surface area contributed by atoms with Crippen molar-refractivity contribution in [3.63, 3.8) is 0 Å². The van der Waals surface area contributed by atoms with Gasteiger partial charge in [0.25, 0.3) is 0 Å². The molecule has 5 nitrogen and oxygen atoms in total. The number of aromatic nitrogens is 3. The van der Waals surface area contributed by atoms with Crippen molar-refractivity contribution in [3.8, 4) is 0 Å². The molecule has 1 aliphatic carbocycles. The Balaban J connectivity index is 2.31. The maximum Gasteiger partial charge on any atom is 0.376 e. The molecule has 6 heteroatoms. The summed E-state index contributed by atoms with van der Waals surface area (Å²) in [7, 11) is 0. The Bertz CT molecular complexity index is 447. The van der Waals surface area contributed by atoms with E-state index in [4.69, 9.17) is 4.74 Å². The second-order valence-corrected chi connectivity index (χ2v) is 5.86. The Hall–Kier alpha value is -1.04. The van der Waals surface area contributed by atoms with Crippen molar-refractivity contribution >= 4 is 17.7 Å². The Labute approximate surface area is 118 Å². The summed E-state index contributed by atoms with van der Waals surface area (Å²) < 4.78 is 7.06. The van der Waals surface area contributed by atoms with E-state index in [1.54, 1.807) is 6.92 Å². The summed E-state index contributed by atoms with van der Waals surface area (Å²) in [6.45, 7) is 4.07. The van der Waals surface area contributed by atoms with Crippen molar-refractivity contribution in [2.45, 2.75) is 50.8 Å². The van der Waals surface area contributed by atoms with E-state index in [0.29, 0.717) is 23.7 Å². The van der Waals surface area contributed by atoms with Gasteiger partial charge in [-0.3, -0.25) is 0 Å². The number of carbonyl (C=O) groups excluding carboxylic acids is 1. The third-order valence-electron chi connectivity index (χ3n) is 3.63. The third kappa shape index (κ3) is 2.94. The van der Waals surface area contributed by atoms with Gasteiger partial charge in [0.15, 0.2) is 0 Å². The largest absolute Gasteiger partial charge is 0.460 e. The van der Waals surface area contributed by atoms with E-state index in [0.717, 1.165) is 12.2 Å². The minimum atomic E-state index is -0.367.